The van der Waals surface area contributed by atoms with Crippen LogP contribution in [0.4, 0.5) is 0 Å². The van der Waals surface area contributed by atoms with Crippen LogP contribution in [0.15, 0.2) is 30.3 Å². The largest absolute Gasteiger partial charge is 0.784 e. The molecule has 74 valence electrons. The van der Waals surface area contributed by atoms with E-state index >= 15 is 0 Å². The maximum absolute atomic E-state index is 8.63. The van der Waals surface area contributed by atoms with Gasteiger partial charge in [-0.15, -0.1) is 11.4 Å². The van der Waals surface area contributed by atoms with E-state index in [9.17, 15) is 0 Å². The molecule has 0 saturated heterocycles. The van der Waals surface area contributed by atoms with Gasteiger partial charge < -0.3 is 19.0 Å². The van der Waals surface area contributed by atoms with Crippen LogP contribution in [0.25, 0.3) is 0 Å². The van der Waals surface area contributed by atoms with Crippen LogP contribution in [0.2, 0.25) is 0 Å². The summed E-state index contributed by atoms with van der Waals surface area (Å²) in [6.07, 6.45) is 0. The van der Waals surface area contributed by atoms with Gasteiger partial charge in [0, 0.05) is 0 Å². The number of aromatic hydroxyl groups is 1. The van der Waals surface area contributed by atoms with Crippen LogP contribution in [0.3, 0.4) is 0 Å². The summed E-state index contributed by atoms with van der Waals surface area (Å²) in [5.74, 6) is 0.322. The van der Waals surface area contributed by atoms with Crippen molar-refractivity contribution in [2.75, 3.05) is 0 Å². The Morgan fingerprint density at radius 3 is 1.62 bits per heavy atom. The average molecular weight is 204 g/mol. The zero-order valence-electron chi connectivity index (χ0n) is 6.58. The molecule has 0 radical (unpaired) electrons. The molecular formula is C7H8O5S-2. The Kier molecular flexibility index (Phi) is 11.8. The van der Waals surface area contributed by atoms with E-state index in [1.165, 1.54) is 0 Å². The quantitative estimate of drug-likeness (QED) is 0.608. The van der Waals surface area contributed by atoms with Crippen LogP contribution in [0.1, 0.15) is 0 Å². The number of hydrogen-bond acceptors (Lipinski definition) is 5. The third kappa shape index (κ3) is 18.1. The van der Waals surface area contributed by atoms with Crippen LogP contribution < -0.4 is 0 Å². The molecule has 0 heterocycles. The Bertz CT molecular complexity index is 222. The fourth-order valence-corrected chi connectivity index (χ4v) is 0.428. The monoisotopic (exact) mass is 204 g/mol. The van der Waals surface area contributed by atoms with Crippen LogP contribution in [-0.4, -0.2) is 25.2 Å². The van der Waals surface area contributed by atoms with Crippen molar-refractivity contribution in [2.24, 2.45) is 0 Å². The topological polar surface area (TPSA) is 100 Å². The number of phenolic OH excluding ortho intramolecular Hbond substituents is 1. The first-order valence-corrected chi connectivity index (χ1v) is 3.92. The van der Waals surface area contributed by atoms with Gasteiger partial charge >= 0.3 is 0 Å². The first kappa shape index (κ1) is 14.3. The zero-order valence-corrected chi connectivity index (χ0v) is 7.40. The predicted octanol–water partition coefficient (Wildman–Crippen LogP) is 0.203. The molecule has 1 N–H and O–H groups in total. The van der Waals surface area contributed by atoms with Gasteiger partial charge in [0.05, 0.1) is 0 Å². The summed E-state index contributed by atoms with van der Waals surface area (Å²) in [6, 6.07) is 8.71. The van der Waals surface area contributed by atoms with Crippen molar-refractivity contribution in [3.63, 3.8) is 0 Å². The highest BCUT2D eigenvalue weighted by Gasteiger charge is 1.74. The van der Waals surface area contributed by atoms with Crippen molar-refractivity contribution in [2.45, 2.75) is 0 Å². The van der Waals surface area contributed by atoms with Gasteiger partial charge in [-0.05, 0) is 12.1 Å². The second-order valence-electron chi connectivity index (χ2n) is 1.54. The summed E-state index contributed by atoms with van der Waals surface area (Å²) in [7, 11) is 0. The van der Waals surface area contributed by atoms with E-state index in [-0.39, 0.29) is 0 Å². The fourth-order valence-electron chi connectivity index (χ4n) is 0.428. The number of para-hydroxylation sites is 1. The minimum absolute atomic E-state index is 0.322. The fraction of sp³-hybridized carbons (Fsp3) is 0. The highest BCUT2D eigenvalue weighted by atomic mass is 32.2. The third-order valence-electron chi connectivity index (χ3n) is 0.756. The molecule has 0 atom stereocenters. The molecule has 0 aliphatic heterocycles. The molecule has 0 fully saturated rings. The number of hydrogen-bond donors (Lipinski definition) is 1. The highest BCUT2D eigenvalue weighted by Crippen LogP contribution is 2.02. The molecule has 0 saturated carbocycles. The molecule has 0 aromatic heterocycles. The molecule has 0 aliphatic carbocycles. The van der Waals surface area contributed by atoms with Crippen molar-refractivity contribution in [3.8, 4) is 5.75 Å². The van der Waals surface area contributed by atoms with Crippen LogP contribution in [0.5, 0.6) is 5.75 Å². The van der Waals surface area contributed by atoms with Gasteiger partial charge in [-0.1, -0.05) is 18.2 Å². The molecule has 1 aromatic rings. The van der Waals surface area contributed by atoms with Gasteiger partial charge in [0.1, 0.15) is 12.5 Å². The van der Waals surface area contributed by atoms with Gasteiger partial charge in [-0.3, -0.25) is 4.21 Å². The Morgan fingerprint density at radius 1 is 1.15 bits per heavy atom. The summed E-state index contributed by atoms with van der Waals surface area (Å²) in [5.41, 5.74) is 0. The van der Waals surface area contributed by atoms with Gasteiger partial charge in [0.25, 0.3) is 0 Å². The maximum Gasteiger partial charge on any atom is 0.115 e. The Balaban J connectivity index is 0. The maximum atomic E-state index is 8.63. The first-order valence-electron chi connectivity index (χ1n) is 2.92. The number of benzene rings is 1. The number of carbonyl (C=O) groups is 1. The molecule has 0 aliphatic rings. The van der Waals surface area contributed by atoms with Crippen LogP contribution in [0, 0.1) is 0 Å². The molecule has 6 heteroatoms. The van der Waals surface area contributed by atoms with E-state index in [0.29, 0.717) is 5.75 Å². The second kappa shape index (κ2) is 10.8. The summed E-state index contributed by atoms with van der Waals surface area (Å²) in [4.78, 5) is 8.00. The zero-order chi connectivity index (χ0) is 10.7. The van der Waals surface area contributed by atoms with Crippen LogP contribution in [-0.2, 0) is 16.2 Å². The molecule has 0 unspecified atom stereocenters. The van der Waals surface area contributed by atoms with E-state index in [1.54, 1.807) is 24.3 Å². The van der Waals surface area contributed by atoms with Gasteiger partial charge in [-0.2, -0.15) is 0 Å². The standard InChI is InChI=1S/C6H6O.CH2O.H2O3S/c7-6-4-2-1-3-5-6;1-2;1-4(2)3/h1-5,7H;1H2;(H2,1,2,3)/p-2. The predicted molar refractivity (Wildman–Crippen MR) is 44.9 cm³/mol. The molecule has 0 bridgehead atoms. The molecule has 13 heavy (non-hydrogen) atoms. The van der Waals surface area contributed by atoms with Crippen molar-refractivity contribution < 1.29 is 23.2 Å². The molecule has 0 amide bonds. The summed E-state index contributed by atoms with van der Waals surface area (Å²) in [6.45, 7) is 2.00. The smallest absolute Gasteiger partial charge is 0.115 e. The van der Waals surface area contributed by atoms with E-state index in [2.05, 4.69) is 0 Å². The SMILES string of the molecule is C=O.O=S([O-])[O-].Oc1ccccc1. The molecule has 5 nitrogen and oxygen atoms in total. The molecule has 1 rings (SSSR count). The van der Waals surface area contributed by atoms with Crippen molar-refractivity contribution in [1.29, 1.82) is 0 Å². The third-order valence-corrected chi connectivity index (χ3v) is 0.756. The summed E-state index contributed by atoms with van der Waals surface area (Å²) < 4.78 is 25.3. The lowest BCUT2D eigenvalue weighted by Gasteiger charge is -2.03. The van der Waals surface area contributed by atoms with E-state index in [0.717, 1.165) is 0 Å². The lowest BCUT2D eigenvalue weighted by molar-refractivity contribution is -0.0979. The van der Waals surface area contributed by atoms with Crippen molar-refractivity contribution >= 4 is 18.2 Å². The first-order chi connectivity index (χ1) is 6.13. The van der Waals surface area contributed by atoms with Gasteiger partial charge in [0.15, 0.2) is 0 Å². The average Bonchev–Trinajstić information content (AvgIpc) is 2.08. The lowest BCUT2D eigenvalue weighted by atomic mass is 10.3. The minimum Gasteiger partial charge on any atom is -0.784 e. The summed E-state index contributed by atoms with van der Waals surface area (Å²) in [5, 5.41) is 8.63. The Morgan fingerprint density at radius 2 is 1.46 bits per heavy atom. The second-order valence-corrected chi connectivity index (χ2v) is 1.95. The molecular weight excluding hydrogens is 196 g/mol. The lowest BCUT2D eigenvalue weighted by Crippen LogP contribution is -1.76. The molecule has 1 aromatic carbocycles. The molecule has 0 spiro atoms. The van der Waals surface area contributed by atoms with Crippen molar-refractivity contribution in [1.82, 2.24) is 0 Å². The minimum atomic E-state index is -3.11. The van der Waals surface area contributed by atoms with Crippen molar-refractivity contribution in [3.05, 3.63) is 30.3 Å². The van der Waals surface area contributed by atoms with Gasteiger partial charge in [0.2, 0.25) is 0 Å². The van der Waals surface area contributed by atoms with Gasteiger partial charge in [-0.25, -0.2) is 0 Å². The van der Waals surface area contributed by atoms with E-state index < -0.39 is 11.4 Å². The normalized spacial score (nSPS) is 7.62. The van der Waals surface area contributed by atoms with E-state index in [4.69, 9.17) is 23.2 Å². The van der Waals surface area contributed by atoms with E-state index in [1.807, 2.05) is 12.9 Å². The number of rotatable bonds is 0. The van der Waals surface area contributed by atoms with Crippen LogP contribution >= 0.6 is 0 Å². The Hall–Kier alpha value is -1.24. The summed E-state index contributed by atoms with van der Waals surface area (Å²) >= 11 is -3.11. The Labute approximate surface area is 78.1 Å². The number of carbonyl (C=O) groups excluding carboxylic acids is 1. The highest BCUT2D eigenvalue weighted by molar-refractivity contribution is 7.72. The number of phenols is 1.